The fourth-order valence-electron chi connectivity index (χ4n) is 2.25. The van der Waals surface area contributed by atoms with Crippen LogP contribution in [0.4, 0.5) is 5.95 Å². The van der Waals surface area contributed by atoms with E-state index in [4.69, 9.17) is 0 Å². The predicted molar refractivity (Wildman–Crippen MR) is 71.7 cm³/mol. The molecule has 2 aromatic heterocycles. The number of anilines is 1. The lowest BCUT2D eigenvalue weighted by molar-refractivity contribution is 0.0586. The van der Waals surface area contributed by atoms with Crippen molar-refractivity contribution in [3.8, 4) is 0 Å². The van der Waals surface area contributed by atoms with E-state index in [2.05, 4.69) is 38.5 Å². The van der Waals surface area contributed by atoms with Gasteiger partial charge in [-0.05, 0) is 30.4 Å². The minimum atomic E-state index is -0.509. The van der Waals surface area contributed by atoms with Crippen LogP contribution >= 0.6 is 11.3 Å². The molecular weight excluding hydrogens is 264 g/mol. The summed E-state index contributed by atoms with van der Waals surface area (Å²) in [6.07, 6.45) is 0.929. The molecule has 1 atom stereocenters. The van der Waals surface area contributed by atoms with Gasteiger partial charge in [0.05, 0.1) is 13.2 Å². The van der Waals surface area contributed by atoms with Crippen molar-refractivity contribution < 1.29 is 9.53 Å². The summed E-state index contributed by atoms with van der Waals surface area (Å²) in [4.78, 5) is 17.0. The van der Waals surface area contributed by atoms with E-state index < -0.39 is 5.97 Å². The highest BCUT2D eigenvalue weighted by atomic mass is 32.1. The van der Waals surface area contributed by atoms with Crippen LogP contribution in [-0.2, 0) is 4.74 Å². The molecule has 2 aromatic rings. The summed E-state index contributed by atoms with van der Waals surface area (Å²) in [5.74, 6) is 0.223. The summed E-state index contributed by atoms with van der Waals surface area (Å²) >= 11 is 1.71. The summed E-state index contributed by atoms with van der Waals surface area (Å²) in [6.45, 7) is 2.91. The van der Waals surface area contributed by atoms with E-state index in [1.165, 1.54) is 17.6 Å². The molecule has 6 nitrogen and oxygen atoms in total. The normalized spacial score (nSPS) is 17.7. The lowest BCUT2D eigenvalue weighted by Crippen LogP contribution is -2.24. The predicted octanol–water partition coefficient (Wildman–Crippen LogP) is 1.84. The van der Waals surface area contributed by atoms with Crippen molar-refractivity contribution >= 4 is 23.3 Å². The second-order valence-corrected chi connectivity index (χ2v) is 5.34. The molecule has 1 unspecified atom stereocenters. The summed E-state index contributed by atoms with van der Waals surface area (Å²) in [6, 6.07) is 2.24. The Kier molecular flexibility index (Phi) is 2.98. The van der Waals surface area contributed by atoms with Crippen molar-refractivity contribution in [2.45, 2.75) is 19.4 Å². The molecule has 0 amide bonds. The third kappa shape index (κ3) is 1.99. The van der Waals surface area contributed by atoms with Crippen molar-refractivity contribution in [3.63, 3.8) is 0 Å². The van der Waals surface area contributed by atoms with Crippen LogP contribution < -0.4 is 5.32 Å². The molecule has 3 rings (SSSR count). The Hall–Kier alpha value is -1.89. The van der Waals surface area contributed by atoms with Gasteiger partial charge in [-0.1, -0.05) is 0 Å². The van der Waals surface area contributed by atoms with Crippen molar-refractivity contribution in [3.05, 3.63) is 27.7 Å². The van der Waals surface area contributed by atoms with Gasteiger partial charge in [0.1, 0.15) is 0 Å². The maximum Gasteiger partial charge on any atom is 0.378 e. The van der Waals surface area contributed by atoms with E-state index in [1.54, 1.807) is 16.0 Å². The smallest absolute Gasteiger partial charge is 0.378 e. The van der Waals surface area contributed by atoms with Crippen LogP contribution in [0.25, 0.3) is 0 Å². The first-order valence-electron chi connectivity index (χ1n) is 6.03. The van der Waals surface area contributed by atoms with Crippen LogP contribution in [0.15, 0.2) is 11.4 Å². The van der Waals surface area contributed by atoms with E-state index in [0.717, 1.165) is 13.0 Å². The SMILES string of the molecule is COC(=O)c1nc2n(n1)C(c1sccc1C)CCN2. The number of thiophene rings is 1. The molecule has 0 aliphatic carbocycles. The zero-order chi connectivity index (χ0) is 13.4. The van der Waals surface area contributed by atoms with Crippen LogP contribution in [0.5, 0.6) is 0 Å². The Labute approximate surface area is 114 Å². The van der Waals surface area contributed by atoms with Crippen LogP contribution in [-0.4, -0.2) is 34.4 Å². The zero-order valence-corrected chi connectivity index (χ0v) is 11.5. The van der Waals surface area contributed by atoms with E-state index >= 15 is 0 Å². The summed E-state index contributed by atoms with van der Waals surface area (Å²) in [7, 11) is 1.33. The molecule has 3 heterocycles. The molecule has 0 aromatic carbocycles. The summed E-state index contributed by atoms with van der Waals surface area (Å²) in [5.41, 5.74) is 1.25. The molecule has 1 N–H and O–H groups in total. The number of rotatable bonds is 2. The fraction of sp³-hybridized carbons (Fsp3) is 0.417. The third-order valence-corrected chi connectivity index (χ3v) is 4.32. The molecule has 1 aliphatic rings. The summed E-state index contributed by atoms with van der Waals surface area (Å²) < 4.78 is 6.45. The Morgan fingerprint density at radius 3 is 3.16 bits per heavy atom. The van der Waals surface area contributed by atoms with Gasteiger partial charge in [0.15, 0.2) is 0 Å². The molecule has 7 heteroatoms. The number of hydrogen-bond acceptors (Lipinski definition) is 6. The number of carbonyl (C=O) groups excluding carboxylic acids is 1. The molecule has 0 fully saturated rings. The van der Waals surface area contributed by atoms with Crippen LogP contribution in [0.1, 0.15) is 33.5 Å². The molecule has 0 saturated carbocycles. The Morgan fingerprint density at radius 1 is 1.63 bits per heavy atom. The standard InChI is InChI=1S/C12H14N4O2S/c1-7-4-6-19-9(7)8-3-5-13-12-14-10(11(17)18-2)15-16(8)12/h4,6,8H,3,5H2,1-2H3,(H,13,14,15). The molecule has 0 radical (unpaired) electrons. The number of aromatic nitrogens is 3. The first-order valence-corrected chi connectivity index (χ1v) is 6.91. The molecular formula is C12H14N4O2S. The highest BCUT2D eigenvalue weighted by molar-refractivity contribution is 7.10. The van der Waals surface area contributed by atoms with E-state index in [0.29, 0.717) is 5.95 Å². The van der Waals surface area contributed by atoms with Gasteiger partial charge in [-0.3, -0.25) is 0 Å². The van der Waals surface area contributed by atoms with Crippen molar-refractivity contribution in [1.29, 1.82) is 0 Å². The number of hydrogen-bond donors (Lipinski definition) is 1. The Bertz CT molecular complexity index is 619. The minimum Gasteiger partial charge on any atom is -0.463 e. The molecule has 0 saturated heterocycles. The molecule has 100 valence electrons. The molecule has 1 aliphatic heterocycles. The quantitative estimate of drug-likeness (QED) is 0.849. The number of nitrogens with zero attached hydrogens (tertiary/aromatic N) is 3. The van der Waals surface area contributed by atoms with Gasteiger partial charge >= 0.3 is 5.97 Å². The number of esters is 1. The topological polar surface area (TPSA) is 69.0 Å². The number of methoxy groups -OCH3 is 1. The first-order chi connectivity index (χ1) is 9.20. The first kappa shape index (κ1) is 12.2. The van der Waals surface area contributed by atoms with Gasteiger partial charge in [0.25, 0.3) is 5.82 Å². The van der Waals surface area contributed by atoms with Crippen LogP contribution in [0, 0.1) is 6.92 Å². The number of fused-ring (bicyclic) bond motifs is 1. The number of aryl methyl sites for hydroxylation is 1. The summed E-state index contributed by atoms with van der Waals surface area (Å²) in [5, 5.41) is 9.51. The van der Waals surface area contributed by atoms with Crippen LogP contribution in [0.3, 0.4) is 0 Å². The van der Waals surface area contributed by atoms with E-state index in [1.807, 2.05) is 0 Å². The fourth-order valence-corrected chi connectivity index (χ4v) is 3.30. The van der Waals surface area contributed by atoms with Gasteiger partial charge in [-0.2, -0.15) is 4.98 Å². The largest absolute Gasteiger partial charge is 0.463 e. The second-order valence-electron chi connectivity index (χ2n) is 4.39. The molecule has 19 heavy (non-hydrogen) atoms. The Morgan fingerprint density at radius 2 is 2.47 bits per heavy atom. The van der Waals surface area contributed by atoms with Crippen molar-refractivity contribution in [1.82, 2.24) is 14.8 Å². The monoisotopic (exact) mass is 278 g/mol. The third-order valence-electron chi connectivity index (χ3n) is 3.20. The lowest BCUT2D eigenvalue weighted by Gasteiger charge is -2.24. The minimum absolute atomic E-state index is 0.103. The second kappa shape index (κ2) is 4.65. The van der Waals surface area contributed by atoms with Crippen LogP contribution in [0.2, 0.25) is 0 Å². The van der Waals surface area contributed by atoms with E-state index in [9.17, 15) is 4.79 Å². The molecule has 0 bridgehead atoms. The van der Waals surface area contributed by atoms with Gasteiger partial charge in [-0.25, -0.2) is 9.48 Å². The zero-order valence-electron chi connectivity index (χ0n) is 10.7. The van der Waals surface area contributed by atoms with Gasteiger partial charge in [0.2, 0.25) is 5.95 Å². The van der Waals surface area contributed by atoms with Gasteiger partial charge < -0.3 is 10.1 Å². The maximum absolute atomic E-state index is 11.5. The van der Waals surface area contributed by atoms with Crippen molar-refractivity contribution in [2.24, 2.45) is 0 Å². The van der Waals surface area contributed by atoms with E-state index in [-0.39, 0.29) is 11.9 Å². The average Bonchev–Trinajstić information content (AvgIpc) is 3.03. The maximum atomic E-state index is 11.5. The highest BCUT2D eigenvalue weighted by Gasteiger charge is 2.28. The van der Waals surface area contributed by atoms with Gasteiger partial charge in [-0.15, -0.1) is 16.4 Å². The number of carbonyl (C=O) groups is 1. The highest BCUT2D eigenvalue weighted by Crippen LogP contribution is 2.33. The molecule has 0 spiro atoms. The van der Waals surface area contributed by atoms with Gasteiger partial charge in [0, 0.05) is 11.4 Å². The number of nitrogens with one attached hydrogen (secondary N) is 1. The average molecular weight is 278 g/mol. The number of ether oxygens (including phenoxy) is 1. The Balaban J connectivity index is 2.02. The lowest BCUT2D eigenvalue weighted by atomic mass is 10.1. The van der Waals surface area contributed by atoms with Crippen molar-refractivity contribution in [2.75, 3.05) is 19.0 Å².